The Kier molecular flexibility index (Phi) is 4.88. The van der Waals surface area contributed by atoms with Crippen LogP contribution >= 0.6 is 0 Å². The van der Waals surface area contributed by atoms with E-state index in [2.05, 4.69) is 17.4 Å². The monoisotopic (exact) mass is 290 g/mol. The van der Waals surface area contributed by atoms with Gasteiger partial charge in [0.15, 0.2) is 0 Å². The minimum Gasteiger partial charge on any atom is -0.494 e. The number of ether oxygens (including phenoxy) is 1. The lowest BCUT2D eigenvalue weighted by molar-refractivity contribution is -0.124. The highest BCUT2D eigenvalue weighted by Gasteiger charge is 2.31. The van der Waals surface area contributed by atoms with Gasteiger partial charge in [-0.2, -0.15) is 0 Å². The van der Waals surface area contributed by atoms with Crippen molar-refractivity contribution in [3.05, 3.63) is 29.3 Å². The molecule has 4 heteroatoms. The van der Waals surface area contributed by atoms with Crippen LogP contribution in [0.3, 0.4) is 0 Å². The predicted octanol–water partition coefficient (Wildman–Crippen LogP) is 2.19. The average Bonchev–Trinajstić information content (AvgIpc) is 2.85. The van der Waals surface area contributed by atoms with Crippen molar-refractivity contribution in [2.45, 2.75) is 58.0 Å². The van der Waals surface area contributed by atoms with Crippen molar-refractivity contribution in [1.29, 1.82) is 0 Å². The smallest absolute Gasteiger partial charge is 0.237 e. The molecular formula is C17H26N2O2. The molecule has 3 N–H and O–H groups in total. The van der Waals surface area contributed by atoms with Gasteiger partial charge in [-0.1, -0.05) is 6.07 Å². The first kappa shape index (κ1) is 15.8. The van der Waals surface area contributed by atoms with Crippen molar-refractivity contribution in [2.24, 2.45) is 5.73 Å². The molecule has 116 valence electrons. The molecule has 1 aliphatic rings. The Bertz CT molecular complexity index is 514. The van der Waals surface area contributed by atoms with E-state index in [1.54, 1.807) is 0 Å². The zero-order chi connectivity index (χ0) is 15.5. The third kappa shape index (κ3) is 3.97. The molecule has 0 radical (unpaired) electrons. The van der Waals surface area contributed by atoms with Gasteiger partial charge in [0.05, 0.1) is 12.1 Å². The lowest BCUT2D eigenvalue weighted by Crippen LogP contribution is -2.56. The number of aryl methyl sites for hydroxylation is 2. The van der Waals surface area contributed by atoms with Crippen LogP contribution in [0.25, 0.3) is 0 Å². The average molecular weight is 290 g/mol. The second kappa shape index (κ2) is 6.48. The fourth-order valence-corrected chi connectivity index (χ4v) is 2.91. The van der Waals surface area contributed by atoms with Gasteiger partial charge in [-0.05, 0) is 63.3 Å². The van der Waals surface area contributed by atoms with Crippen LogP contribution in [0.5, 0.6) is 5.75 Å². The van der Waals surface area contributed by atoms with Crippen LogP contribution in [0.4, 0.5) is 0 Å². The largest absolute Gasteiger partial charge is 0.494 e. The summed E-state index contributed by atoms with van der Waals surface area (Å²) in [7, 11) is 0. The Morgan fingerprint density at radius 2 is 2.10 bits per heavy atom. The maximum absolute atomic E-state index is 11.7. The second-order valence-electron chi connectivity index (χ2n) is 6.38. The van der Waals surface area contributed by atoms with E-state index in [1.807, 2.05) is 26.8 Å². The molecule has 0 bridgehead atoms. The van der Waals surface area contributed by atoms with Gasteiger partial charge in [-0.25, -0.2) is 0 Å². The fraction of sp³-hybridized carbons (Fsp3) is 0.588. The Morgan fingerprint density at radius 3 is 2.76 bits per heavy atom. The SMILES string of the molecule is CC(C)NC(C)(CCOc1ccc2c(c1)CCC2)C(N)=O. The van der Waals surface area contributed by atoms with Crippen molar-refractivity contribution in [3.8, 4) is 5.75 Å². The first-order valence-corrected chi connectivity index (χ1v) is 7.73. The van der Waals surface area contributed by atoms with E-state index in [9.17, 15) is 4.79 Å². The Balaban J connectivity index is 1.92. The highest BCUT2D eigenvalue weighted by Crippen LogP contribution is 2.26. The standard InChI is InChI=1S/C17H26N2O2/c1-12(2)19-17(3,16(18)20)9-10-21-15-8-7-13-5-4-6-14(13)11-15/h7-8,11-12,19H,4-6,9-10H2,1-3H3,(H2,18,20). The predicted molar refractivity (Wildman–Crippen MR) is 84.5 cm³/mol. The van der Waals surface area contributed by atoms with E-state index in [1.165, 1.54) is 24.0 Å². The molecule has 2 rings (SSSR count). The number of fused-ring (bicyclic) bond motifs is 1. The van der Waals surface area contributed by atoms with E-state index in [4.69, 9.17) is 10.5 Å². The Hall–Kier alpha value is -1.55. The minimum absolute atomic E-state index is 0.197. The topological polar surface area (TPSA) is 64.3 Å². The number of primary amides is 1. The molecule has 1 aromatic carbocycles. The molecule has 1 atom stereocenters. The number of nitrogens with two attached hydrogens (primary N) is 1. The van der Waals surface area contributed by atoms with Gasteiger partial charge in [0.1, 0.15) is 5.75 Å². The summed E-state index contributed by atoms with van der Waals surface area (Å²) in [6.45, 7) is 6.31. The quantitative estimate of drug-likeness (QED) is 0.809. The number of hydrogen-bond donors (Lipinski definition) is 2. The van der Waals surface area contributed by atoms with Crippen LogP contribution in [0.1, 0.15) is 44.7 Å². The summed E-state index contributed by atoms with van der Waals surface area (Å²) in [5.41, 5.74) is 7.61. The summed E-state index contributed by atoms with van der Waals surface area (Å²) in [5.74, 6) is 0.542. The van der Waals surface area contributed by atoms with Gasteiger partial charge in [0.2, 0.25) is 5.91 Å². The summed E-state index contributed by atoms with van der Waals surface area (Å²) < 4.78 is 5.81. The highest BCUT2D eigenvalue weighted by molar-refractivity contribution is 5.84. The van der Waals surface area contributed by atoms with Crippen LogP contribution in [0.2, 0.25) is 0 Å². The van der Waals surface area contributed by atoms with Gasteiger partial charge < -0.3 is 15.8 Å². The summed E-state index contributed by atoms with van der Waals surface area (Å²) in [5, 5.41) is 3.23. The van der Waals surface area contributed by atoms with Crippen molar-refractivity contribution in [2.75, 3.05) is 6.61 Å². The van der Waals surface area contributed by atoms with E-state index in [0.717, 1.165) is 12.2 Å². The van der Waals surface area contributed by atoms with Crippen LogP contribution in [-0.4, -0.2) is 24.1 Å². The van der Waals surface area contributed by atoms with Crippen LogP contribution < -0.4 is 15.8 Å². The zero-order valence-electron chi connectivity index (χ0n) is 13.2. The minimum atomic E-state index is -0.731. The van der Waals surface area contributed by atoms with Crippen molar-refractivity contribution < 1.29 is 9.53 Å². The molecule has 0 saturated carbocycles. The Labute approximate surface area is 127 Å². The highest BCUT2D eigenvalue weighted by atomic mass is 16.5. The number of amides is 1. The molecule has 1 unspecified atom stereocenters. The third-order valence-corrected chi connectivity index (χ3v) is 4.09. The van der Waals surface area contributed by atoms with Gasteiger partial charge in [-0.3, -0.25) is 4.79 Å². The van der Waals surface area contributed by atoms with Crippen LogP contribution in [0.15, 0.2) is 18.2 Å². The molecule has 0 heterocycles. The van der Waals surface area contributed by atoms with E-state index >= 15 is 0 Å². The number of carbonyl (C=O) groups is 1. The lowest BCUT2D eigenvalue weighted by Gasteiger charge is -2.29. The summed E-state index contributed by atoms with van der Waals surface area (Å²) in [6, 6.07) is 6.49. The summed E-state index contributed by atoms with van der Waals surface area (Å²) >= 11 is 0. The molecule has 0 fully saturated rings. The zero-order valence-corrected chi connectivity index (χ0v) is 13.2. The van der Waals surface area contributed by atoms with Crippen LogP contribution in [-0.2, 0) is 17.6 Å². The van der Waals surface area contributed by atoms with E-state index in [-0.39, 0.29) is 11.9 Å². The van der Waals surface area contributed by atoms with Gasteiger partial charge in [0, 0.05) is 12.5 Å². The van der Waals surface area contributed by atoms with Crippen LogP contribution in [0, 0.1) is 0 Å². The number of rotatable bonds is 7. The lowest BCUT2D eigenvalue weighted by atomic mass is 9.96. The summed E-state index contributed by atoms with van der Waals surface area (Å²) in [6.07, 6.45) is 4.10. The number of benzene rings is 1. The number of hydrogen-bond acceptors (Lipinski definition) is 3. The molecule has 21 heavy (non-hydrogen) atoms. The maximum Gasteiger partial charge on any atom is 0.237 e. The van der Waals surface area contributed by atoms with Crippen molar-refractivity contribution in [1.82, 2.24) is 5.32 Å². The van der Waals surface area contributed by atoms with Gasteiger partial charge >= 0.3 is 0 Å². The number of carbonyl (C=O) groups excluding carboxylic acids is 1. The van der Waals surface area contributed by atoms with Gasteiger partial charge in [0.25, 0.3) is 0 Å². The summed E-state index contributed by atoms with van der Waals surface area (Å²) in [4.78, 5) is 11.7. The second-order valence-corrected chi connectivity index (χ2v) is 6.38. The van der Waals surface area contributed by atoms with E-state index in [0.29, 0.717) is 13.0 Å². The molecule has 0 spiro atoms. The molecule has 0 aromatic heterocycles. The molecular weight excluding hydrogens is 264 g/mol. The maximum atomic E-state index is 11.7. The molecule has 1 aromatic rings. The molecule has 0 saturated heterocycles. The van der Waals surface area contributed by atoms with Gasteiger partial charge in [-0.15, -0.1) is 0 Å². The molecule has 0 aliphatic heterocycles. The van der Waals surface area contributed by atoms with E-state index < -0.39 is 5.54 Å². The Morgan fingerprint density at radius 1 is 1.38 bits per heavy atom. The molecule has 1 aliphatic carbocycles. The van der Waals surface area contributed by atoms with Crippen molar-refractivity contribution in [3.63, 3.8) is 0 Å². The fourth-order valence-electron chi connectivity index (χ4n) is 2.91. The first-order chi connectivity index (χ1) is 9.90. The normalized spacial score (nSPS) is 16.6. The van der Waals surface area contributed by atoms with Crippen molar-refractivity contribution >= 4 is 5.91 Å². The third-order valence-electron chi connectivity index (χ3n) is 4.09. The number of nitrogens with one attached hydrogen (secondary N) is 1. The first-order valence-electron chi connectivity index (χ1n) is 7.73. The molecule has 1 amide bonds. The molecule has 4 nitrogen and oxygen atoms in total.